The second kappa shape index (κ2) is 11.6. The van der Waals surface area contributed by atoms with E-state index >= 15 is 0 Å². The second-order valence-corrected chi connectivity index (χ2v) is 11.7. The molecular formula is C29H32FN5O6S. The number of aliphatic hydroxyl groups is 1. The van der Waals surface area contributed by atoms with Gasteiger partial charge in [-0.25, -0.2) is 13.9 Å². The summed E-state index contributed by atoms with van der Waals surface area (Å²) in [6.45, 7) is 2.19. The number of thiophene rings is 1. The number of carbonyl (C=O) groups excluding carboxylic acids is 1. The molecule has 13 heteroatoms. The molecule has 6 rings (SSSR count). The summed E-state index contributed by atoms with van der Waals surface area (Å²) in [6, 6.07) is 5.13. The van der Waals surface area contributed by atoms with Crippen molar-refractivity contribution in [3.8, 4) is 10.8 Å². The molecule has 0 radical (unpaired) electrons. The van der Waals surface area contributed by atoms with E-state index in [1.54, 1.807) is 23.1 Å². The summed E-state index contributed by atoms with van der Waals surface area (Å²) < 4.78 is 31.0. The summed E-state index contributed by atoms with van der Waals surface area (Å²) >= 11 is 1.25. The first-order valence-electron chi connectivity index (χ1n) is 14.0. The van der Waals surface area contributed by atoms with Gasteiger partial charge >= 0.3 is 5.69 Å². The van der Waals surface area contributed by atoms with Crippen LogP contribution in [-0.2, 0) is 16.1 Å². The molecule has 11 nitrogen and oxygen atoms in total. The first kappa shape index (κ1) is 28.5. The van der Waals surface area contributed by atoms with Gasteiger partial charge in [0.05, 0.1) is 31.2 Å². The van der Waals surface area contributed by atoms with Crippen LogP contribution in [0.1, 0.15) is 55.4 Å². The van der Waals surface area contributed by atoms with Gasteiger partial charge in [-0.05, 0) is 57.0 Å². The maximum atomic E-state index is 14.6. The number of nitrogens with one attached hydrogen (secondary N) is 1. The van der Waals surface area contributed by atoms with Crippen LogP contribution < -0.4 is 21.3 Å². The van der Waals surface area contributed by atoms with Crippen LogP contribution in [0.5, 0.6) is 5.75 Å². The number of halogens is 1. The highest BCUT2D eigenvalue weighted by Crippen LogP contribution is 2.36. The molecule has 42 heavy (non-hydrogen) atoms. The van der Waals surface area contributed by atoms with Crippen molar-refractivity contribution in [1.29, 1.82) is 0 Å². The zero-order chi connectivity index (χ0) is 29.5. The van der Waals surface area contributed by atoms with E-state index in [2.05, 4.69) is 10.4 Å². The number of aryl methyl sites for hydroxylation is 1. The molecular weight excluding hydrogens is 565 g/mol. The van der Waals surface area contributed by atoms with Crippen molar-refractivity contribution < 1.29 is 23.8 Å². The Balaban J connectivity index is 1.55. The van der Waals surface area contributed by atoms with Crippen molar-refractivity contribution in [3.63, 3.8) is 0 Å². The molecule has 3 aromatic heterocycles. The minimum absolute atomic E-state index is 0.0609. The summed E-state index contributed by atoms with van der Waals surface area (Å²) in [5.74, 6) is 0.0679. The van der Waals surface area contributed by atoms with Gasteiger partial charge < -0.3 is 14.6 Å². The predicted octanol–water partition coefficient (Wildman–Crippen LogP) is 2.99. The first-order valence-corrected chi connectivity index (χ1v) is 14.8. The van der Waals surface area contributed by atoms with Crippen molar-refractivity contribution in [3.05, 3.63) is 74.4 Å². The van der Waals surface area contributed by atoms with Crippen molar-refractivity contribution >= 4 is 27.3 Å². The summed E-state index contributed by atoms with van der Waals surface area (Å²) in [5.41, 5.74) is -0.0253. The summed E-state index contributed by atoms with van der Waals surface area (Å²) in [5, 5.41) is 18.9. The lowest BCUT2D eigenvalue weighted by molar-refractivity contribution is -0.124. The molecule has 4 heterocycles. The third-order valence-corrected chi connectivity index (χ3v) is 9.46. The average Bonchev–Trinajstić information content (AvgIpc) is 3.73. The maximum Gasteiger partial charge on any atom is 0.332 e. The van der Waals surface area contributed by atoms with E-state index in [-0.39, 0.29) is 18.4 Å². The third kappa shape index (κ3) is 5.10. The first-order chi connectivity index (χ1) is 20.3. The van der Waals surface area contributed by atoms with Crippen LogP contribution in [0.15, 0.2) is 46.2 Å². The van der Waals surface area contributed by atoms with Crippen molar-refractivity contribution in [2.75, 3.05) is 13.7 Å². The Kier molecular flexibility index (Phi) is 7.83. The molecule has 3 atom stereocenters. The number of fused-ring (bicyclic) bond motifs is 1. The smallest absolute Gasteiger partial charge is 0.332 e. The quantitative estimate of drug-likeness (QED) is 0.317. The number of Topliss-reactive ketones (excluding diaryl/α,β-unsaturated/α-hetero) is 1. The monoisotopic (exact) mass is 597 g/mol. The normalized spacial score (nSPS) is 20.4. The van der Waals surface area contributed by atoms with Gasteiger partial charge in [0.1, 0.15) is 39.5 Å². The van der Waals surface area contributed by atoms with Crippen LogP contribution >= 0.6 is 11.3 Å². The molecule has 1 aromatic carbocycles. The number of ketones is 1. The second-order valence-electron chi connectivity index (χ2n) is 10.7. The number of aromatic nitrogens is 4. The highest BCUT2D eigenvalue weighted by atomic mass is 32.1. The molecule has 0 bridgehead atoms. The average molecular weight is 598 g/mol. The predicted molar refractivity (Wildman–Crippen MR) is 154 cm³/mol. The minimum atomic E-state index is -1.07. The number of carbonyl (C=O) groups is 1. The lowest BCUT2D eigenvalue weighted by atomic mass is 9.96. The van der Waals surface area contributed by atoms with E-state index in [1.165, 1.54) is 41.2 Å². The van der Waals surface area contributed by atoms with Crippen LogP contribution in [0.2, 0.25) is 0 Å². The molecule has 1 aliphatic carbocycles. The molecule has 2 N–H and O–H groups in total. The van der Waals surface area contributed by atoms with Crippen LogP contribution in [0.3, 0.4) is 0 Å². The van der Waals surface area contributed by atoms with E-state index in [9.17, 15) is 23.9 Å². The fourth-order valence-electron chi connectivity index (χ4n) is 5.98. The van der Waals surface area contributed by atoms with Gasteiger partial charge in [0.15, 0.2) is 0 Å². The Morgan fingerprint density at radius 3 is 2.67 bits per heavy atom. The fourth-order valence-corrected chi connectivity index (χ4v) is 7.22. The van der Waals surface area contributed by atoms with Gasteiger partial charge in [-0.1, -0.05) is 11.3 Å². The number of benzene rings is 1. The van der Waals surface area contributed by atoms with Gasteiger partial charge in [-0.15, -0.1) is 0 Å². The van der Waals surface area contributed by atoms with E-state index in [0.717, 1.165) is 4.57 Å². The van der Waals surface area contributed by atoms with E-state index in [4.69, 9.17) is 9.47 Å². The van der Waals surface area contributed by atoms with Crippen LogP contribution in [-0.4, -0.2) is 55.8 Å². The zero-order valence-electron chi connectivity index (χ0n) is 23.3. The summed E-state index contributed by atoms with van der Waals surface area (Å²) in [4.78, 5) is 40.5. The number of methoxy groups -OCH3 is 1. The summed E-state index contributed by atoms with van der Waals surface area (Å²) in [7, 11) is 1.48. The Labute approximate surface area is 244 Å². The van der Waals surface area contributed by atoms with Crippen molar-refractivity contribution in [2.24, 2.45) is 0 Å². The Hall–Kier alpha value is -3.65. The molecule has 1 aliphatic heterocycles. The number of aliphatic hydroxyl groups excluding tert-OH is 1. The van der Waals surface area contributed by atoms with Gasteiger partial charge in [0, 0.05) is 36.4 Å². The molecule has 0 amide bonds. The molecule has 0 spiro atoms. The van der Waals surface area contributed by atoms with Crippen LogP contribution in [0.25, 0.3) is 15.2 Å². The van der Waals surface area contributed by atoms with Gasteiger partial charge in [-0.3, -0.25) is 24.0 Å². The van der Waals surface area contributed by atoms with Crippen LogP contribution in [0.4, 0.5) is 4.39 Å². The Morgan fingerprint density at radius 2 is 2.00 bits per heavy atom. The number of nitrogens with zero attached hydrogens (tertiary/aromatic N) is 4. The molecule has 2 aliphatic rings. The SMILES string of the molecule is COc1ccc(F)cc1[C@H](Cn1c(=O)n([C@@H]2CCNC2O)c(=O)c2c(C)c(-n3cccn3)sc21)OC1CCC(=O)CC1. The maximum absolute atomic E-state index is 14.6. The topological polar surface area (TPSA) is 130 Å². The van der Waals surface area contributed by atoms with E-state index in [1.807, 2.05) is 6.92 Å². The van der Waals surface area contributed by atoms with Crippen molar-refractivity contribution in [2.45, 2.75) is 70.1 Å². The molecule has 222 valence electrons. The standard InChI is InChI=1S/C29H32FN5O6S/c1-16-24-26(38)35(21-10-12-31-25(21)37)29(39)33(28(24)42-27(16)34-13-3-11-32-34)15-23(41-19-7-5-18(36)6-8-19)20-14-17(30)4-9-22(20)40-2/h3-4,9,11,13-14,19,21,23,25,31,37H,5-8,10,12,15H2,1-2H3/t21-,23+,25?/m1/s1. The largest absolute Gasteiger partial charge is 0.496 e. The van der Waals surface area contributed by atoms with Crippen molar-refractivity contribution in [1.82, 2.24) is 24.2 Å². The number of ether oxygens (including phenoxy) is 2. The van der Waals surface area contributed by atoms with Gasteiger partial charge in [-0.2, -0.15) is 5.10 Å². The minimum Gasteiger partial charge on any atom is -0.496 e. The van der Waals surface area contributed by atoms with Gasteiger partial charge in [0.2, 0.25) is 0 Å². The number of hydrogen-bond acceptors (Lipinski definition) is 9. The van der Waals surface area contributed by atoms with E-state index in [0.29, 0.717) is 70.7 Å². The highest BCUT2D eigenvalue weighted by Gasteiger charge is 2.33. The lowest BCUT2D eigenvalue weighted by Crippen LogP contribution is -2.46. The Bertz CT molecular complexity index is 1740. The Morgan fingerprint density at radius 1 is 1.21 bits per heavy atom. The number of hydrogen-bond donors (Lipinski definition) is 2. The fraction of sp³-hybridized carbons (Fsp3) is 0.448. The molecule has 2 fully saturated rings. The third-order valence-electron chi connectivity index (χ3n) is 8.15. The highest BCUT2D eigenvalue weighted by molar-refractivity contribution is 7.21. The zero-order valence-corrected chi connectivity index (χ0v) is 24.1. The number of rotatable bonds is 8. The molecule has 1 saturated heterocycles. The molecule has 4 aromatic rings. The van der Waals surface area contributed by atoms with E-state index < -0.39 is 35.4 Å². The lowest BCUT2D eigenvalue weighted by Gasteiger charge is -2.29. The summed E-state index contributed by atoms with van der Waals surface area (Å²) in [6.07, 6.45) is 3.38. The van der Waals surface area contributed by atoms with Gasteiger partial charge in [0.25, 0.3) is 5.56 Å². The molecule has 1 saturated carbocycles. The van der Waals surface area contributed by atoms with Crippen LogP contribution in [0, 0.1) is 12.7 Å². The molecule has 1 unspecified atom stereocenters.